The predicted octanol–water partition coefficient (Wildman–Crippen LogP) is 3.41. The van der Waals surface area contributed by atoms with Crippen LogP contribution < -0.4 is 19.5 Å². The van der Waals surface area contributed by atoms with E-state index in [9.17, 15) is 4.79 Å². The molecule has 0 saturated heterocycles. The number of methoxy groups -OCH3 is 3. The Balaban J connectivity index is 1.75. The zero-order valence-electron chi connectivity index (χ0n) is 16.6. The van der Waals surface area contributed by atoms with E-state index in [1.807, 2.05) is 0 Å². The molecule has 5 heteroatoms. The number of nitrogens with one attached hydrogen (secondary N) is 1. The highest BCUT2D eigenvalue weighted by Crippen LogP contribution is 2.66. The molecule has 0 amide bonds. The average Bonchev–Trinajstić information content (AvgIpc) is 2.66. The number of rotatable bonds is 8. The number of hydrogen-bond acceptors (Lipinski definition) is 5. The molecule has 3 atom stereocenters. The van der Waals surface area contributed by atoms with E-state index in [0.717, 1.165) is 36.2 Å². The van der Waals surface area contributed by atoms with Crippen LogP contribution in [0.15, 0.2) is 12.1 Å². The van der Waals surface area contributed by atoms with Crippen molar-refractivity contribution in [3.05, 3.63) is 17.7 Å². The fraction of sp³-hybridized carbons (Fsp3) is 0.682. The Morgan fingerprint density at radius 2 is 1.67 bits per heavy atom. The predicted molar refractivity (Wildman–Crippen MR) is 104 cm³/mol. The number of benzene rings is 1. The molecule has 3 unspecified atom stereocenters. The maximum Gasteiger partial charge on any atom is 0.203 e. The van der Waals surface area contributed by atoms with Gasteiger partial charge in [0.1, 0.15) is 6.29 Å². The molecule has 4 saturated carbocycles. The highest BCUT2D eigenvalue weighted by molar-refractivity contribution is 5.55. The normalized spacial score (nSPS) is 33.7. The zero-order valence-corrected chi connectivity index (χ0v) is 16.6. The van der Waals surface area contributed by atoms with Crippen molar-refractivity contribution >= 4 is 6.29 Å². The maximum atomic E-state index is 10.9. The third-order valence-corrected chi connectivity index (χ3v) is 7.21. The lowest BCUT2D eigenvalue weighted by Crippen LogP contribution is -2.55. The molecule has 0 heterocycles. The molecule has 1 aromatic carbocycles. The fourth-order valence-electron chi connectivity index (χ4n) is 6.75. The van der Waals surface area contributed by atoms with Crippen LogP contribution in [0, 0.1) is 23.2 Å². The van der Waals surface area contributed by atoms with Gasteiger partial charge < -0.3 is 24.3 Å². The molecule has 1 aromatic rings. The molecule has 0 radical (unpaired) electrons. The van der Waals surface area contributed by atoms with E-state index in [1.54, 1.807) is 21.3 Å². The second-order valence-electron chi connectivity index (χ2n) is 8.70. The van der Waals surface area contributed by atoms with E-state index in [-0.39, 0.29) is 5.41 Å². The van der Waals surface area contributed by atoms with Gasteiger partial charge >= 0.3 is 0 Å². The molecule has 4 aliphatic rings. The lowest BCUT2D eigenvalue weighted by molar-refractivity contribution is -0.107. The van der Waals surface area contributed by atoms with Gasteiger partial charge in [-0.05, 0) is 78.9 Å². The summed E-state index contributed by atoms with van der Waals surface area (Å²) in [6.07, 6.45) is 7.53. The fourth-order valence-corrected chi connectivity index (χ4v) is 6.75. The topological polar surface area (TPSA) is 56.8 Å². The minimum atomic E-state index is 0.225. The van der Waals surface area contributed by atoms with Gasteiger partial charge in [0.2, 0.25) is 5.75 Å². The molecule has 1 N–H and O–H groups in total. The molecular weight excluding hydrogens is 342 g/mol. The minimum Gasteiger partial charge on any atom is -0.493 e. The highest BCUT2D eigenvalue weighted by Gasteiger charge is 2.57. The van der Waals surface area contributed by atoms with E-state index < -0.39 is 0 Å². The van der Waals surface area contributed by atoms with Crippen molar-refractivity contribution in [1.29, 1.82) is 0 Å². The Bertz CT molecular complexity index is 665. The van der Waals surface area contributed by atoms with Gasteiger partial charge in [-0.2, -0.15) is 0 Å². The van der Waals surface area contributed by atoms with Crippen molar-refractivity contribution in [2.75, 3.05) is 34.4 Å². The maximum absolute atomic E-state index is 10.9. The summed E-state index contributed by atoms with van der Waals surface area (Å²) in [5.41, 5.74) is 1.52. The van der Waals surface area contributed by atoms with Crippen molar-refractivity contribution in [3.63, 3.8) is 0 Å². The Morgan fingerprint density at radius 3 is 2.19 bits per heavy atom. The molecule has 4 bridgehead atoms. The van der Waals surface area contributed by atoms with Gasteiger partial charge in [-0.15, -0.1) is 0 Å². The van der Waals surface area contributed by atoms with Crippen LogP contribution in [0.4, 0.5) is 0 Å². The van der Waals surface area contributed by atoms with Gasteiger partial charge in [-0.3, -0.25) is 0 Å². The van der Waals surface area contributed by atoms with Crippen molar-refractivity contribution in [2.24, 2.45) is 23.2 Å². The molecule has 4 aliphatic carbocycles. The number of ether oxygens (including phenoxy) is 3. The molecule has 27 heavy (non-hydrogen) atoms. The van der Waals surface area contributed by atoms with Gasteiger partial charge in [-0.25, -0.2) is 0 Å². The minimum absolute atomic E-state index is 0.225. The number of carbonyl (C=O) groups is 1. The third-order valence-electron chi connectivity index (χ3n) is 7.21. The highest BCUT2D eigenvalue weighted by atomic mass is 16.5. The van der Waals surface area contributed by atoms with Crippen LogP contribution in [0.5, 0.6) is 17.2 Å². The summed E-state index contributed by atoms with van der Waals surface area (Å²) in [5.74, 6) is 4.99. The first-order chi connectivity index (χ1) is 13.1. The summed E-state index contributed by atoms with van der Waals surface area (Å²) < 4.78 is 16.8. The summed E-state index contributed by atoms with van der Waals surface area (Å²) in [5, 5.41) is 3.42. The quantitative estimate of drug-likeness (QED) is 0.559. The molecule has 5 rings (SSSR count). The Labute approximate surface area is 161 Å². The first-order valence-corrected chi connectivity index (χ1v) is 10.1. The van der Waals surface area contributed by atoms with Crippen molar-refractivity contribution in [3.8, 4) is 17.2 Å². The van der Waals surface area contributed by atoms with Crippen LogP contribution in [0.1, 0.15) is 43.6 Å². The Hall–Kier alpha value is -1.75. The van der Waals surface area contributed by atoms with Crippen LogP contribution in [-0.2, 0) is 4.79 Å². The SMILES string of the molecule is COc1cc(C2C3CC4CC(C3)CC2(CNCC=O)C4)cc(OC)c1OC. The second kappa shape index (κ2) is 7.34. The number of aldehydes is 1. The average molecular weight is 373 g/mol. The first-order valence-electron chi connectivity index (χ1n) is 10.1. The van der Waals surface area contributed by atoms with Gasteiger partial charge in [0.15, 0.2) is 11.5 Å². The lowest BCUT2D eigenvalue weighted by Gasteiger charge is -2.61. The molecule has 0 aliphatic heterocycles. The van der Waals surface area contributed by atoms with E-state index in [1.165, 1.54) is 37.7 Å². The van der Waals surface area contributed by atoms with Crippen LogP contribution in [0.2, 0.25) is 0 Å². The van der Waals surface area contributed by atoms with Crippen LogP contribution in [-0.4, -0.2) is 40.7 Å². The largest absolute Gasteiger partial charge is 0.493 e. The van der Waals surface area contributed by atoms with E-state index in [2.05, 4.69) is 17.4 Å². The standard InChI is InChI=1S/C22H31NO4/c1-25-18-9-17(10-19(26-2)21(18)27-3)20-16-7-14-6-15(8-16)12-22(20,11-14)13-23-4-5-24/h5,9-10,14-16,20,23H,4,6-8,11-13H2,1-3H3. The van der Waals surface area contributed by atoms with Gasteiger partial charge in [0.05, 0.1) is 27.9 Å². The summed E-state index contributed by atoms with van der Waals surface area (Å²) in [6, 6.07) is 4.30. The number of hydrogen-bond donors (Lipinski definition) is 1. The second-order valence-corrected chi connectivity index (χ2v) is 8.70. The summed E-state index contributed by atoms with van der Waals surface area (Å²) in [4.78, 5) is 10.9. The molecular formula is C22H31NO4. The monoisotopic (exact) mass is 373 g/mol. The van der Waals surface area contributed by atoms with Crippen molar-refractivity contribution in [1.82, 2.24) is 5.32 Å². The van der Waals surface area contributed by atoms with Crippen molar-refractivity contribution < 1.29 is 19.0 Å². The van der Waals surface area contributed by atoms with Crippen LogP contribution in [0.25, 0.3) is 0 Å². The smallest absolute Gasteiger partial charge is 0.203 e. The van der Waals surface area contributed by atoms with Crippen molar-refractivity contribution in [2.45, 2.75) is 38.0 Å². The summed E-state index contributed by atoms with van der Waals surface area (Å²) in [7, 11) is 5.01. The van der Waals surface area contributed by atoms with Gasteiger partial charge in [-0.1, -0.05) is 0 Å². The van der Waals surface area contributed by atoms with E-state index in [0.29, 0.717) is 24.1 Å². The first kappa shape index (κ1) is 18.6. The zero-order chi connectivity index (χ0) is 19.0. The molecule has 0 aromatic heterocycles. The third kappa shape index (κ3) is 3.10. The Morgan fingerprint density at radius 1 is 1.04 bits per heavy atom. The van der Waals surface area contributed by atoms with E-state index in [4.69, 9.17) is 14.2 Å². The summed E-state index contributed by atoms with van der Waals surface area (Å²) in [6.45, 7) is 1.35. The molecule has 0 spiro atoms. The van der Waals surface area contributed by atoms with E-state index >= 15 is 0 Å². The molecule has 148 valence electrons. The lowest BCUT2D eigenvalue weighted by atomic mass is 9.44. The number of carbonyl (C=O) groups excluding carboxylic acids is 1. The molecule has 4 fully saturated rings. The Kier molecular flexibility index (Phi) is 5.06. The van der Waals surface area contributed by atoms with Crippen LogP contribution in [0.3, 0.4) is 0 Å². The summed E-state index contributed by atoms with van der Waals surface area (Å²) >= 11 is 0. The van der Waals surface area contributed by atoms with Crippen LogP contribution >= 0.6 is 0 Å². The van der Waals surface area contributed by atoms with Gasteiger partial charge in [0.25, 0.3) is 0 Å². The van der Waals surface area contributed by atoms with Gasteiger partial charge in [0, 0.05) is 6.54 Å². The molecule has 5 nitrogen and oxygen atoms in total.